The third-order valence-corrected chi connectivity index (χ3v) is 5.24. The summed E-state index contributed by atoms with van der Waals surface area (Å²) in [4.78, 5) is 0. The zero-order valence-electron chi connectivity index (χ0n) is 18.5. The summed E-state index contributed by atoms with van der Waals surface area (Å²) in [5.74, 6) is 0. The van der Waals surface area contributed by atoms with Gasteiger partial charge in [-0.3, -0.25) is 0 Å². The molecule has 0 aromatic carbocycles. The maximum atomic E-state index is 5.66. The van der Waals surface area contributed by atoms with Gasteiger partial charge in [0.1, 0.15) is 0 Å². The fraction of sp³-hybridized carbons (Fsp3) is 0.680. The molecule has 26 heavy (non-hydrogen) atoms. The lowest BCUT2D eigenvalue weighted by atomic mass is 10.0. The summed E-state index contributed by atoms with van der Waals surface area (Å²) >= 11 is 0. The summed E-state index contributed by atoms with van der Waals surface area (Å²) in [5.41, 5.74) is 6.12. The van der Waals surface area contributed by atoms with E-state index in [-0.39, 0.29) is 5.60 Å². The summed E-state index contributed by atoms with van der Waals surface area (Å²) in [6.07, 6.45) is 19.5. The lowest BCUT2D eigenvalue weighted by Gasteiger charge is -2.02. The van der Waals surface area contributed by atoms with Crippen molar-refractivity contribution in [1.29, 1.82) is 0 Å². The van der Waals surface area contributed by atoms with Crippen molar-refractivity contribution in [3.05, 3.63) is 46.6 Å². The monoisotopic (exact) mass is 358 g/mol. The van der Waals surface area contributed by atoms with Crippen molar-refractivity contribution < 1.29 is 4.74 Å². The molecule has 1 unspecified atom stereocenters. The van der Waals surface area contributed by atoms with Gasteiger partial charge >= 0.3 is 0 Å². The molecule has 0 spiro atoms. The number of allylic oxidation sites excluding steroid dienone is 8. The number of hydrogen-bond acceptors (Lipinski definition) is 1. The Hall–Kier alpha value is -1.08. The van der Waals surface area contributed by atoms with Crippen LogP contribution in [0.2, 0.25) is 0 Å². The molecule has 1 saturated heterocycles. The van der Waals surface area contributed by atoms with Gasteiger partial charge in [-0.2, -0.15) is 0 Å². The molecule has 0 amide bonds. The van der Waals surface area contributed by atoms with Gasteiger partial charge in [0.25, 0.3) is 0 Å². The summed E-state index contributed by atoms with van der Waals surface area (Å²) in [6, 6.07) is 0. The topological polar surface area (TPSA) is 12.5 Å². The predicted molar refractivity (Wildman–Crippen MR) is 117 cm³/mol. The van der Waals surface area contributed by atoms with E-state index < -0.39 is 0 Å². The quantitative estimate of drug-likeness (QED) is 0.195. The Balaban J connectivity index is 2.15. The van der Waals surface area contributed by atoms with E-state index in [1.807, 2.05) is 0 Å². The highest BCUT2D eigenvalue weighted by Crippen LogP contribution is 2.38. The van der Waals surface area contributed by atoms with Crippen molar-refractivity contribution in [3.63, 3.8) is 0 Å². The minimum atomic E-state index is 0.137. The van der Waals surface area contributed by atoms with Crippen LogP contribution in [-0.4, -0.2) is 11.7 Å². The van der Waals surface area contributed by atoms with E-state index in [1.165, 1.54) is 73.7 Å². The molecular weight excluding hydrogens is 316 g/mol. The van der Waals surface area contributed by atoms with E-state index in [4.69, 9.17) is 4.74 Å². The van der Waals surface area contributed by atoms with Crippen LogP contribution in [0.3, 0.4) is 0 Å². The highest BCUT2D eigenvalue weighted by atomic mass is 16.6. The molecule has 0 N–H and O–H groups in total. The van der Waals surface area contributed by atoms with Gasteiger partial charge in [-0.15, -0.1) is 0 Å². The van der Waals surface area contributed by atoms with Crippen molar-refractivity contribution in [1.82, 2.24) is 0 Å². The first-order valence-corrected chi connectivity index (χ1v) is 10.5. The Kier molecular flexibility index (Phi) is 10.2. The van der Waals surface area contributed by atoms with Gasteiger partial charge in [0.05, 0.1) is 11.7 Å². The zero-order valence-corrected chi connectivity index (χ0v) is 18.5. The van der Waals surface area contributed by atoms with Crippen LogP contribution in [0.1, 0.15) is 99.8 Å². The van der Waals surface area contributed by atoms with Crippen molar-refractivity contribution in [2.24, 2.45) is 0 Å². The molecular formula is C25H42O. The molecule has 1 fully saturated rings. The number of ether oxygens (including phenoxy) is 1. The number of hydrogen-bond donors (Lipinski definition) is 0. The fourth-order valence-electron chi connectivity index (χ4n) is 3.20. The number of epoxide rings is 1. The molecule has 1 aliphatic heterocycles. The Morgan fingerprint density at radius 3 is 1.58 bits per heavy atom. The highest BCUT2D eigenvalue weighted by molar-refractivity contribution is 5.07. The van der Waals surface area contributed by atoms with Crippen LogP contribution >= 0.6 is 0 Å². The predicted octanol–water partition coefficient (Wildman–Crippen LogP) is 8.09. The molecule has 0 aliphatic carbocycles. The first-order chi connectivity index (χ1) is 12.2. The van der Waals surface area contributed by atoms with Gasteiger partial charge in [-0.25, -0.2) is 0 Å². The van der Waals surface area contributed by atoms with E-state index in [9.17, 15) is 0 Å². The largest absolute Gasteiger partial charge is 0.367 e. The normalized spacial score (nSPS) is 20.3. The lowest BCUT2D eigenvalue weighted by Crippen LogP contribution is -2.02. The molecule has 1 heteroatoms. The van der Waals surface area contributed by atoms with Crippen LogP contribution in [0.25, 0.3) is 0 Å². The molecule has 1 atom stereocenters. The Morgan fingerprint density at radius 1 is 0.692 bits per heavy atom. The van der Waals surface area contributed by atoms with Crippen LogP contribution in [0.5, 0.6) is 0 Å². The molecule has 1 rings (SSSR count). The second-order valence-electron chi connectivity index (χ2n) is 8.84. The smallest absolute Gasteiger partial charge is 0.0892 e. The van der Waals surface area contributed by atoms with Gasteiger partial charge in [-0.05, 0) is 99.8 Å². The van der Waals surface area contributed by atoms with Gasteiger partial charge in [0, 0.05) is 0 Å². The number of rotatable bonds is 12. The third kappa shape index (κ3) is 10.8. The SMILES string of the molecule is CC(C)=CCC/C(C)=C/CC/C=C(\C)CC/C=C(\C)CCC1OC1(C)C. The first kappa shape index (κ1) is 23.0. The average Bonchev–Trinajstić information content (AvgIpc) is 3.16. The molecule has 0 aromatic heterocycles. The zero-order chi connectivity index (χ0) is 19.6. The first-order valence-electron chi connectivity index (χ1n) is 10.5. The van der Waals surface area contributed by atoms with Crippen LogP contribution in [0.4, 0.5) is 0 Å². The molecule has 0 saturated carbocycles. The summed E-state index contributed by atoms with van der Waals surface area (Å²) in [5, 5.41) is 0. The van der Waals surface area contributed by atoms with Crippen molar-refractivity contribution in [2.45, 2.75) is 112 Å². The fourth-order valence-corrected chi connectivity index (χ4v) is 3.20. The molecule has 1 nitrogen and oxygen atoms in total. The van der Waals surface area contributed by atoms with E-state index >= 15 is 0 Å². The highest BCUT2D eigenvalue weighted by Gasteiger charge is 2.46. The molecule has 0 aromatic rings. The van der Waals surface area contributed by atoms with E-state index in [2.05, 4.69) is 72.8 Å². The Morgan fingerprint density at radius 2 is 1.12 bits per heavy atom. The minimum Gasteiger partial charge on any atom is -0.367 e. The molecule has 1 aliphatic rings. The van der Waals surface area contributed by atoms with Crippen LogP contribution in [0.15, 0.2) is 46.6 Å². The van der Waals surface area contributed by atoms with Gasteiger partial charge in [0.2, 0.25) is 0 Å². The van der Waals surface area contributed by atoms with Crippen molar-refractivity contribution in [2.75, 3.05) is 0 Å². The van der Waals surface area contributed by atoms with Gasteiger partial charge < -0.3 is 4.74 Å². The van der Waals surface area contributed by atoms with E-state index in [0.717, 1.165) is 0 Å². The van der Waals surface area contributed by atoms with Crippen LogP contribution in [0, 0.1) is 0 Å². The van der Waals surface area contributed by atoms with E-state index in [1.54, 1.807) is 0 Å². The van der Waals surface area contributed by atoms with Crippen LogP contribution < -0.4 is 0 Å². The number of unbranched alkanes of at least 4 members (excludes halogenated alkanes) is 1. The summed E-state index contributed by atoms with van der Waals surface area (Å²) in [7, 11) is 0. The maximum Gasteiger partial charge on any atom is 0.0892 e. The summed E-state index contributed by atoms with van der Waals surface area (Å²) in [6.45, 7) is 15.5. The maximum absolute atomic E-state index is 5.66. The third-order valence-electron chi connectivity index (χ3n) is 5.24. The van der Waals surface area contributed by atoms with Gasteiger partial charge in [0.15, 0.2) is 0 Å². The second kappa shape index (κ2) is 11.6. The second-order valence-corrected chi connectivity index (χ2v) is 8.84. The molecule has 0 radical (unpaired) electrons. The van der Waals surface area contributed by atoms with Crippen LogP contribution in [-0.2, 0) is 4.74 Å². The Labute approximate surface area is 163 Å². The molecule has 148 valence electrons. The standard InChI is InChI=1S/C25H42O/c1-20(2)12-10-15-21(3)13-8-9-14-22(4)16-11-17-23(5)18-19-24-25(6,7)26-24/h12-14,17,24H,8-11,15-16,18-19H2,1-7H3/b21-13+,22-14+,23-17+. The minimum absolute atomic E-state index is 0.137. The lowest BCUT2D eigenvalue weighted by molar-refractivity contribution is 0.320. The van der Waals surface area contributed by atoms with Crippen molar-refractivity contribution in [3.8, 4) is 0 Å². The Bertz CT molecular complexity index is 539. The summed E-state index contributed by atoms with van der Waals surface area (Å²) < 4.78 is 5.66. The molecule has 1 heterocycles. The molecule has 0 bridgehead atoms. The average molecular weight is 359 g/mol. The van der Waals surface area contributed by atoms with Crippen molar-refractivity contribution >= 4 is 0 Å². The van der Waals surface area contributed by atoms with Gasteiger partial charge in [-0.1, -0.05) is 46.6 Å². The van der Waals surface area contributed by atoms with E-state index in [0.29, 0.717) is 6.10 Å².